The molecule has 2 aromatic heterocycles. The molecule has 5 rings (SSSR count). The van der Waals surface area contributed by atoms with Gasteiger partial charge >= 0.3 is 0 Å². The van der Waals surface area contributed by atoms with Crippen molar-refractivity contribution in [1.29, 1.82) is 0 Å². The van der Waals surface area contributed by atoms with E-state index in [0.29, 0.717) is 34.5 Å². The van der Waals surface area contributed by atoms with E-state index in [2.05, 4.69) is 15.4 Å². The Kier molecular flexibility index (Phi) is 6.12. The predicted molar refractivity (Wildman–Crippen MR) is 135 cm³/mol. The third kappa shape index (κ3) is 4.69. The second-order valence-electron chi connectivity index (χ2n) is 7.83. The molecule has 0 fully saturated rings. The quantitative estimate of drug-likeness (QED) is 0.320. The third-order valence-electron chi connectivity index (χ3n) is 5.56. The average molecular weight is 488 g/mol. The van der Waals surface area contributed by atoms with E-state index in [4.69, 9.17) is 26.1 Å². The predicted octanol–water partition coefficient (Wildman–Crippen LogP) is 5.40. The first-order chi connectivity index (χ1) is 17.0. The van der Waals surface area contributed by atoms with Gasteiger partial charge in [-0.1, -0.05) is 35.9 Å². The Morgan fingerprint density at radius 3 is 2.54 bits per heavy atom. The van der Waals surface area contributed by atoms with Crippen molar-refractivity contribution in [3.05, 3.63) is 88.9 Å². The van der Waals surface area contributed by atoms with Crippen molar-refractivity contribution in [1.82, 2.24) is 19.7 Å². The minimum atomic E-state index is -0.334. The summed E-state index contributed by atoms with van der Waals surface area (Å²) in [5.41, 5.74) is 3.91. The summed E-state index contributed by atoms with van der Waals surface area (Å²) in [5, 5.41) is 7.87. The van der Waals surface area contributed by atoms with Crippen LogP contribution >= 0.6 is 11.6 Å². The first-order valence-electron chi connectivity index (χ1n) is 10.8. The smallest absolute Gasteiger partial charge is 0.256 e. The molecule has 0 atom stereocenters. The SMILES string of the molecule is COc1ccc(Cn2nc(NC(=O)c3ccc(OC)c(Cl)c3)cc2-c2nc3ccccc3[nH]2)cc1. The fourth-order valence-corrected chi connectivity index (χ4v) is 4.02. The highest BCUT2D eigenvalue weighted by molar-refractivity contribution is 6.32. The number of H-pyrrole nitrogens is 1. The Hall–Kier alpha value is -4.30. The number of carbonyl (C=O) groups is 1. The minimum Gasteiger partial charge on any atom is -0.497 e. The number of anilines is 1. The second-order valence-corrected chi connectivity index (χ2v) is 8.23. The van der Waals surface area contributed by atoms with E-state index in [1.807, 2.05) is 48.5 Å². The van der Waals surface area contributed by atoms with Crippen LogP contribution in [0.1, 0.15) is 15.9 Å². The largest absolute Gasteiger partial charge is 0.497 e. The molecule has 0 radical (unpaired) electrons. The Balaban J connectivity index is 1.48. The topological polar surface area (TPSA) is 94.1 Å². The number of hydrogen-bond donors (Lipinski definition) is 2. The van der Waals surface area contributed by atoms with Crippen molar-refractivity contribution in [2.24, 2.45) is 0 Å². The summed E-state index contributed by atoms with van der Waals surface area (Å²) in [6.45, 7) is 0.473. The van der Waals surface area contributed by atoms with Gasteiger partial charge in [0.25, 0.3) is 5.91 Å². The number of aromatic amines is 1. The van der Waals surface area contributed by atoms with Gasteiger partial charge in [-0.25, -0.2) is 4.98 Å². The number of para-hydroxylation sites is 2. The highest BCUT2D eigenvalue weighted by atomic mass is 35.5. The minimum absolute atomic E-state index is 0.334. The zero-order chi connectivity index (χ0) is 24.4. The standard InChI is InChI=1S/C26H22ClN5O3/c1-34-18-10-7-16(8-11-18)15-32-22(25-28-20-5-3-4-6-21(20)29-25)14-24(31-32)30-26(33)17-9-12-23(35-2)19(27)13-17/h3-14H,15H2,1-2H3,(H,28,29)(H,30,31,33). The van der Waals surface area contributed by atoms with Crippen LogP contribution in [0.5, 0.6) is 11.5 Å². The van der Waals surface area contributed by atoms with Crippen LogP contribution in [0.4, 0.5) is 5.82 Å². The molecule has 176 valence electrons. The second kappa shape index (κ2) is 9.52. The Bertz CT molecular complexity index is 1470. The molecule has 3 aromatic carbocycles. The summed E-state index contributed by atoms with van der Waals surface area (Å²) in [6.07, 6.45) is 0. The summed E-state index contributed by atoms with van der Waals surface area (Å²) in [4.78, 5) is 20.9. The number of hydrogen-bond acceptors (Lipinski definition) is 5. The summed E-state index contributed by atoms with van der Waals surface area (Å²) in [5.74, 6) is 1.99. The van der Waals surface area contributed by atoms with Gasteiger partial charge in [-0.15, -0.1) is 0 Å². The van der Waals surface area contributed by atoms with Crippen molar-refractivity contribution in [2.75, 3.05) is 19.5 Å². The fraction of sp³-hybridized carbons (Fsp3) is 0.115. The van der Waals surface area contributed by atoms with Crippen molar-refractivity contribution in [2.45, 2.75) is 6.54 Å². The molecule has 9 heteroatoms. The van der Waals surface area contributed by atoms with Gasteiger partial charge < -0.3 is 19.8 Å². The van der Waals surface area contributed by atoms with Gasteiger partial charge in [-0.05, 0) is 48.0 Å². The molecule has 0 unspecified atom stereocenters. The number of benzene rings is 3. The number of amides is 1. The number of halogens is 1. The highest BCUT2D eigenvalue weighted by Gasteiger charge is 2.17. The lowest BCUT2D eigenvalue weighted by atomic mass is 10.2. The summed E-state index contributed by atoms with van der Waals surface area (Å²) >= 11 is 6.19. The van der Waals surface area contributed by atoms with Gasteiger partial charge in [0.1, 0.15) is 17.2 Å². The maximum atomic E-state index is 12.9. The maximum absolute atomic E-state index is 12.9. The van der Waals surface area contributed by atoms with Crippen LogP contribution in [0.3, 0.4) is 0 Å². The lowest BCUT2D eigenvalue weighted by molar-refractivity contribution is 0.102. The first kappa shape index (κ1) is 22.5. The van der Waals surface area contributed by atoms with Crippen LogP contribution in [0.2, 0.25) is 5.02 Å². The van der Waals surface area contributed by atoms with Crippen molar-refractivity contribution in [3.8, 4) is 23.0 Å². The van der Waals surface area contributed by atoms with E-state index in [1.165, 1.54) is 7.11 Å². The molecule has 0 saturated carbocycles. The molecule has 0 aliphatic rings. The van der Waals surface area contributed by atoms with E-state index in [0.717, 1.165) is 28.0 Å². The van der Waals surface area contributed by atoms with E-state index in [9.17, 15) is 4.79 Å². The molecule has 0 saturated heterocycles. The Morgan fingerprint density at radius 1 is 1.03 bits per heavy atom. The van der Waals surface area contributed by atoms with Gasteiger partial charge in [0.05, 0.1) is 36.8 Å². The summed E-state index contributed by atoms with van der Waals surface area (Å²) < 4.78 is 12.2. The monoisotopic (exact) mass is 487 g/mol. The number of rotatable bonds is 7. The van der Waals surface area contributed by atoms with E-state index < -0.39 is 0 Å². The molecule has 0 bridgehead atoms. The lowest BCUT2D eigenvalue weighted by Gasteiger charge is -2.07. The van der Waals surface area contributed by atoms with Gasteiger partial charge in [-0.2, -0.15) is 5.10 Å². The van der Waals surface area contributed by atoms with Crippen LogP contribution in [-0.2, 0) is 6.54 Å². The van der Waals surface area contributed by atoms with Crippen molar-refractivity contribution >= 4 is 34.4 Å². The van der Waals surface area contributed by atoms with E-state index in [-0.39, 0.29) is 5.91 Å². The Labute approximate surface area is 206 Å². The number of aromatic nitrogens is 4. The first-order valence-corrected chi connectivity index (χ1v) is 11.2. The van der Waals surface area contributed by atoms with Gasteiger partial charge in [-0.3, -0.25) is 9.48 Å². The number of ether oxygens (including phenoxy) is 2. The maximum Gasteiger partial charge on any atom is 0.256 e. The highest BCUT2D eigenvalue weighted by Crippen LogP contribution is 2.27. The lowest BCUT2D eigenvalue weighted by Crippen LogP contribution is -2.13. The molecule has 8 nitrogen and oxygen atoms in total. The van der Waals surface area contributed by atoms with Gasteiger partial charge in [0, 0.05) is 11.6 Å². The third-order valence-corrected chi connectivity index (χ3v) is 5.85. The van der Waals surface area contributed by atoms with Crippen molar-refractivity contribution < 1.29 is 14.3 Å². The number of methoxy groups -OCH3 is 2. The molecule has 5 aromatic rings. The molecule has 1 amide bonds. The summed E-state index contributed by atoms with van der Waals surface area (Å²) in [6, 6.07) is 22.2. The van der Waals surface area contributed by atoms with Crippen LogP contribution in [0, 0.1) is 0 Å². The average Bonchev–Trinajstić information content (AvgIpc) is 3.48. The fourth-order valence-electron chi connectivity index (χ4n) is 3.76. The van der Waals surface area contributed by atoms with Gasteiger partial charge in [0.15, 0.2) is 11.6 Å². The van der Waals surface area contributed by atoms with Crippen molar-refractivity contribution in [3.63, 3.8) is 0 Å². The Morgan fingerprint density at radius 2 is 1.83 bits per heavy atom. The molecule has 0 spiro atoms. The molecule has 0 aliphatic heterocycles. The zero-order valence-electron chi connectivity index (χ0n) is 19.1. The number of imidazole rings is 1. The number of nitrogens with zero attached hydrogens (tertiary/aromatic N) is 3. The molecular formula is C26H22ClN5O3. The van der Waals surface area contributed by atoms with Crippen LogP contribution in [0.25, 0.3) is 22.6 Å². The number of nitrogens with one attached hydrogen (secondary N) is 2. The normalized spacial score (nSPS) is 10.9. The van der Waals surface area contributed by atoms with Crippen LogP contribution < -0.4 is 14.8 Å². The van der Waals surface area contributed by atoms with Crippen LogP contribution in [0.15, 0.2) is 72.8 Å². The zero-order valence-corrected chi connectivity index (χ0v) is 19.8. The number of fused-ring (bicyclic) bond motifs is 1. The van der Waals surface area contributed by atoms with Gasteiger partial charge in [0.2, 0.25) is 0 Å². The molecule has 2 heterocycles. The van der Waals surface area contributed by atoms with Crippen LogP contribution in [-0.4, -0.2) is 39.9 Å². The van der Waals surface area contributed by atoms with E-state index >= 15 is 0 Å². The molecule has 0 aliphatic carbocycles. The molecular weight excluding hydrogens is 466 g/mol. The van der Waals surface area contributed by atoms with E-state index in [1.54, 1.807) is 36.1 Å². The molecule has 2 N–H and O–H groups in total. The molecule has 35 heavy (non-hydrogen) atoms. The number of carbonyl (C=O) groups excluding carboxylic acids is 1. The summed E-state index contributed by atoms with van der Waals surface area (Å²) in [7, 11) is 3.16.